The van der Waals surface area contributed by atoms with E-state index in [-0.39, 0.29) is 31.5 Å². The van der Waals surface area contributed by atoms with Crippen LogP contribution in [0.1, 0.15) is 28.8 Å². The fourth-order valence-corrected chi connectivity index (χ4v) is 2.38. The van der Waals surface area contributed by atoms with E-state index in [1.165, 1.54) is 12.1 Å². The molecule has 1 aliphatic rings. The van der Waals surface area contributed by atoms with Gasteiger partial charge in [-0.05, 0) is 30.5 Å². The van der Waals surface area contributed by atoms with Crippen LogP contribution in [0.2, 0.25) is 0 Å². The van der Waals surface area contributed by atoms with Gasteiger partial charge in [-0.2, -0.15) is 13.2 Å². The van der Waals surface area contributed by atoms with E-state index in [1.807, 2.05) is 4.90 Å². The summed E-state index contributed by atoms with van der Waals surface area (Å²) in [6.45, 7) is 0.737. The number of nitrogens with zero attached hydrogens (tertiary/aromatic N) is 1. The predicted octanol–water partition coefficient (Wildman–Crippen LogP) is 2.27. The van der Waals surface area contributed by atoms with Crippen LogP contribution in [-0.4, -0.2) is 45.9 Å². The minimum Gasteiger partial charge on any atom is -0.478 e. The van der Waals surface area contributed by atoms with Crippen LogP contribution in [0.15, 0.2) is 24.3 Å². The highest BCUT2D eigenvalue weighted by Gasteiger charge is 2.54. The lowest BCUT2D eigenvalue weighted by atomic mass is 9.90. The van der Waals surface area contributed by atoms with Crippen LogP contribution in [-0.2, 0) is 6.54 Å². The topological polar surface area (TPSA) is 60.8 Å². The summed E-state index contributed by atoms with van der Waals surface area (Å²) in [7, 11) is 0. The molecular weight excluding hydrogens is 287 g/mol. The van der Waals surface area contributed by atoms with Crippen LogP contribution in [0.5, 0.6) is 0 Å². The molecule has 1 aromatic carbocycles. The monoisotopic (exact) mass is 303 g/mol. The number of carboxylic acids is 1. The highest BCUT2D eigenvalue weighted by Crippen LogP contribution is 2.38. The molecule has 1 aromatic rings. The molecule has 0 radical (unpaired) electrons. The lowest BCUT2D eigenvalue weighted by Crippen LogP contribution is -2.53. The number of hydrogen-bond donors (Lipinski definition) is 2. The number of carboxylic acid groups (broad SMARTS) is 1. The molecule has 0 unspecified atom stereocenters. The second-order valence-electron chi connectivity index (χ2n) is 5.31. The first-order valence-corrected chi connectivity index (χ1v) is 6.55. The Bertz CT molecular complexity index is 505. The third-order valence-electron chi connectivity index (χ3n) is 3.82. The summed E-state index contributed by atoms with van der Waals surface area (Å²) in [5.41, 5.74) is -1.59. The summed E-state index contributed by atoms with van der Waals surface area (Å²) >= 11 is 0. The molecule has 0 spiro atoms. The maximum absolute atomic E-state index is 12.7. The Balaban J connectivity index is 1.93. The van der Waals surface area contributed by atoms with Gasteiger partial charge in [-0.3, -0.25) is 4.90 Å². The summed E-state index contributed by atoms with van der Waals surface area (Å²) in [6.07, 6.45) is -5.28. The lowest BCUT2D eigenvalue weighted by Gasteiger charge is -2.39. The number of benzene rings is 1. The Hall–Kier alpha value is -1.60. The van der Waals surface area contributed by atoms with Gasteiger partial charge in [0.1, 0.15) is 0 Å². The molecule has 21 heavy (non-hydrogen) atoms. The van der Waals surface area contributed by atoms with Crippen LogP contribution in [0.3, 0.4) is 0 Å². The molecule has 0 aliphatic carbocycles. The number of aromatic carboxylic acids is 1. The van der Waals surface area contributed by atoms with Gasteiger partial charge < -0.3 is 10.2 Å². The summed E-state index contributed by atoms with van der Waals surface area (Å²) in [5, 5.41) is 18.4. The van der Waals surface area contributed by atoms with Crippen molar-refractivity contribution in [1.82, 2.24) is 4.90 Å². The molecule has 1 heterocycles. The second kappa shape index (κ2) is 5.65. The standard InChI is InChI=1S/C14H16F3NO3/c15-14(16,17)13(21)5-7-18(8-6-13)9-10-1-3-11(4-2-10)12(19)20/h1-4,21H,5-9H2,(H,19,20). The number of piperidine rings is 1. The van der Waals surface area contributed by atoms with Gasteiger partial charge in [0.2, 0.25) is 0 Å². The van der Waals surface area contributed by atoms with Gasteiger partial charge in [0.25, 0.3) is 0 Å². The van der Waals surface area contributed by atoms with Crippen molar-refractivity contribution >= 4 is 5.97 Å². The summed E-state index contributed by atoms with van der Waals surface area (Å²) in [6, 6.07) is 6.23. The number of aliphatic hydroxyl groups is 1. The van der Waals surface area contributed by atoms with Gasteiger partial charge in [0, 0.05) is 19.6 Å². The van der Waals surface area contributed by atoms with Crippen molar-refractivity contribution in [2.24, 2.45) is 0 Å². The summed E-state index contributed by atoms with van der Waals surface area (Å²) < 4.78 is 38.0. The van der Waals surface area contributed by atoms with Crippen molar-refractivity contribution in [2.45, 2.75) is 31.2 Å². The maximum atomic E-state index is 12.7. The van der Waals surface area contributed by atoms with Crippen LogP contribution in [0.4, 0.5) is 13.2 Å². The summed E-state index contributed by atoms with van der Waals surface area (Å²) in [4.78, 5) is 12.5. The molecule has 0 atom stereocenters. The maximum Gasteiger partial charge on any atom is 0.417 e. The van der Waals surface area contributed by atoms with Gasteiger partial charge in [-0.15, -0.1) is 0 Å². The molecule has 2 N–H and O–H groups in total. The largest absolute Gasteiger partial charge is 0.478 e. The zero-order chi connectivity index (χ0) is 15.7. The minimum atomic E-state index is -4.60. The third kappa shape index (κ3) is 3.54. The van der Waals surface area contributed by atoms with E-state index >= 15 is 0 Å². The molecule has 1 saturated heterocycles. The molecule has 116 valence electrons. The van der Waals surface area contributed by atoms with Crippen molar-refractivity contribution in [1.29, 1.82) is 0 Å². The summed E-state index contributed by atoms with van der Waals surface area (Å²) in [5.74, 6) is -1.02. The predicted molar refractivity (Wildman–Crippen MR) is 68.9 cm³/mol. The number of carbonyl (C=O) groups is 1. The van der Waals surface area contributed by atoms with Crippen molar-refractivity contribution in [3.05, 3.63) is 35.4 Å². The average molecular weight is 303 g/mol. The molecule has 0 bridgehead atoms. The van der Waals surface area contributed by atoms with Gasteiger partial charge in [-0.25, -0.2) is 4.79 Å². The molecule has 0 aromatic heterocycles. The molecule has 1 aliphatic heterocycles. The zero-order valence-corrected chi connectivity index (χ0v) is 11.2. The van der Waals surface area contributed by atoms with Crippen molar-refractivity contribution in [3.8, 4) is 0 Å². The van der Waals surface area contributed by atoms with Gasteiger partial charge in [0.05, 0.1) is 5.56 Å². The van der Waals surface area contributed by atoms with E-state index in [4.69, 9.17) is 5.11 Å². The highest BCUT2D eigenvalue weighted by atomic mass is 19.4. The Kier molecular flexibility index (Phi) is 4.25. The van der Waals surface area contributed by atoms with Crippen LogP contribution in [0, 0.1) is 0 Å². The minimum absolute atomic E-state index is 0.149. The molecule has 0 saturated carbocycles. The number of alkyl halides is 3. The first-order chi connectivity index (χ1) is 9.71. The van der Waals surface area contributed by atoms with Gasteiger partial charge in [-0.1, -0.05) is 12.1 Å². The Morgan fingerprint density at radius 2 is 1.71 bits per heavy atom. The average Bonchev–Trinajstić information content (AvgIpc) is 2.41. The number of halogens is 3. The van der Waals surface area contributed by atoms with E-state index in [1.54, 1.807) is 12.1 Å². The highest BCUT2D eigenvalue weighted by molar-refractivity contribution is 5.87. The zero-order valence-electron chi connectivity index (χ0n) is 11.2. The number of hydrogen-bond acceptors (Lipinski definition) is 3. The Labute approximate surface area is 119 Å². The van der Waals surface area contributed by atoms with E-state index in [0.29, 0.717) is 6.54 Å². The third-order valence-corrected chi connectivity index (χ3v) is 3.82. The number of likely N-dealkylation sites (tertiary alicyclic amines) is 1. The van der Waals surface area contributed by atoms with E-state index in [0.717, 1.165) is 5.56 Å². The molecular formula is C14H16F3NO3. The SMILES string of the molecule is O=C(O)c1ccc(CN2CCC(O)(C(F)(F)F)CC2)cc1. The van der Waals surface area contributed by atoms with Gasteiger partial charge >= 0.3 is 12.1 Å². The smallest absolute Gasteiger partial charge is 0.417 e. The Morgan fingerprint density at radius 3 is 2.14 bits per heavy atom. The molecule has 7 heteroatoms. The fourth-order valence-electron chi connectivity index (χ4n) is 2.38. The first-order valence-electron chi connectivity index (χ1n) is 6.55. The van der Waals surface area contributed by atoms with Crippen LogP contribution in [0.25, 0.3) is 0 Å². The second-order valence-corrected chi connectivity index (χ2v) is 5.31. The van der Waals surface area contributed by atoms with Crippen molar-refractivity contribution in [2.75, 3.05) is 13.1 Å². The Morgan fingerprint density at radius 1 is 1.19 bits per heavy atom. The van der Waals surface area contributed by atoms with E-state index in [9.17, 15) is 23.1 Å². The van der Waals surface area contributed by atoms with E-state index in [2.05, 4.69) is 0 Å². The van der Waals surface area contributed by atoms with Crippen LogP contribution >= 0.6 is 0 Å². The lowest BCUT2D eigenvalue weighted by molar-refractivity contribution is -0.272. The van der Waals surface area contributed by atoms with Gasteiger partial charge in [0.15, 0.2) is 5.60 Å². The normalized spacial score (nSPS) is 19.4. The first kappa shape index (κ1) is 15.8. The molecule has 0 amide bonds. The quantitative estimate of drug-likeness (QED) is 0.899. The van der Waals surface area contributed by atoms with Crippen molar-refractivity contribution in [3.63, 3.8) is 0 Å². The molecule has 4 nitrogen and oxygen atoms in total. The van der Waals surface area contributed by atoms with Crippen molar-refractivity contribution < 1.29 is 28.2 Å². The van der Waals surface area contributed by atoms with E-state index < -0.39 is 17.7 Å². The van der Waals surface area contributed by atoms with Crippen LogP contribution < -0.4 is 0 Å². The fraction of sp³-hybridized carbons (Fsp3) is 0.500. The molecule has 1 fully saturated rings. The molecule has 2 rings (SSSR count). The number of rotatable bonds is 3.